The van der Waals surface area contributed by atoms with Crippen molar-refractivity contribution in [2.45, 2.75) is 13.5 Å². The molecule has 9 heteroatoms. The van der Waals surface area contributed by atoms with E-state index in [4.69, 9.17) is 14.2 Å². The van der Waals surface area contributed by atoms with E-state index in [0.29, 0.717) is 22.6 Å². The van der Waals surface area contributed by atoms with Gasteiger partial charge in [-0.25, -0.2) is 0 Å². The Kier molecular flexibility index (Phi) is 7.52. The van der Waals surface area contributed by atoms with Gasteiger partial charge in [0, 0.05) is 5.56 Å². The molecule has 1 aliphatic heterocycles. The molecule has 0 unspecified atom stereocenters. The number of nitriles is 1. The summed E-state index contributed by atoms with van der Waals surface area (Å²) >= 11 is 0.754. The summed E-state index contributed by atoms with van der Waals surface area (Å²) in [5.74, 6) is -0.301. The van der Waals surface area contributed by atoms with E-state index >= 15 is 0 Å². The van der Waals surface area contributed by atoms with Crippen LogP contribution in [0.25, 0.3) is 6.08 Å². The molecule has 0 bridgehead atoms. The van der Waals surface area contributed by atoms with Gasteiger partial charge in [-0.1, -0.05) is 24.3 Å². The fourth-order valence-electron chi connectivity index (χ4n) is 2.93. The lowest BCUT2D eigenvalue weighted by atomic mass is 10.1. The summed E-state index contributed by atoms with van der Waals surface area (Å²) < 4.78 is 16.0. The van der Waals surface area contributed by atoms with Crippen LogP contribution in [-0.4, -0.2) is 42.3 Å². The van der Waals surface area contributed by atoms with Crippen LogP contribution < -0.4 is 9.47 Å². The summed E-state index contributed by atoms with van der Waals surface area (Å²) in [5.41, 5.74) is 1.89. The van der Waals surface area contributed by atoms with E-state index < -0.39 is 23.7 Å². The molecule has 2 aromatic rings. The van der Waals surface area contributed by atoms with E-state index in [0.717, 1.165) is 22.2 Å². The molecule has 2 amide bonds. The van der Waals surface area contributed by atoms with Crippen molar-refractivity contribution >= 4 is 35.0 Å². The first kappa shape index (κ1) is 22.9. The Morgan fingerprint density at radius 3 is 2.69 bits per heavy atom. The highest BCUT2D eigenvalue weighted by Gasteiger charge is 2.36. The number of carbonyl (C=O) groups excluding carboxylic acids is 3. The minimum Gasteiger partial charge on any atom is -0.493 e. The highest BCUT2D eigenvalue weighted by Crippen LogP contribution is 2.34. The number of imide groups is 1. The van der Waals surface area contributed by atoms with Gasteiger partial charge in [0.15, 0.2) is 11.5 Å². The quantitative estimate of drug-likeness (QED) is 0.440. The highest BCUT2D eigenvalue weighted by molar-refractivity contribution is 8.18. The first-order valence-corrected chi connectivity index (χ1v) is 10.5. The molecule has 32 heavy (non-hydrogen) atoms. The minimum absolute atomic E-state index is 0.168. The number of carbonyl (C=O) groups is 3. The predicted molar refractivity (Wildman–Crippen MR) is 118 cm³/mol. The number of esters is 1. The standard InChI is InChI=1S/C23H20N2O6S/c1-3-30-21(26)13-25-22(27)20(32-23(25)28)11-15-8-9-18(19(10-15)29-2)31-14-17-7-5-4-6-16(17)12-24/h4-11H,3,13-14H2,1-2H3. The first-order valence-electron chi connectivity index (χ1n) is 9.66. The van der Waals surface area contributed by atoms with Crippen molar-refractivity contribution in [2.24, 2.45) is 0 Å². The third-order valence-corrected chi connectivity index (χ3v) is 5.38. The highest BCUT2D eigenvalue weighted by atomic mass is 32.2. The van der Waals surface area contributed by atoms with Crippen molar-refractivity contribution in [3.05, 3.63) is 64.1 Å². The zero-order valence-corrected chi connectivity index (χ0v) is 18.3. The third-order valence-electron chi connectivity index (χ3n) is 4.47. The number of rotatable bonds is 8. The number of nitrogens with zero attached hydrogens (tertiary/aromatic N) is 2. The van der Waals surface area contributed by atoms with Crippen LogP contribution in [0.4, 0.5) is 4.79 Å². The van der Waals surface area contributed by atoms with Gasteiger partial charge in [0.05, 0.1) is 30.3 Å². The van der Waals surface area contributed by atoms with Gasteiger partial charge in [-0.2, -0.15) is 5.26 Å². The van der Waals surface area contributed by atoms with Crippen molar-refractivity contribution in [3.63, 3.8) is 0 Å². The molecule has 0 aromatic heterocycles. The Bertz CT molecular complexity index is 1120. The number of ether oxygens (including phenoxy) is 3. The van der Waals surface area contributed by atoms with Gasteiger partial charge in [0.25, 0.3) is 11.1 Å². The lowest BCUT2D eigenvalue weighted by molar-refractivity contribution is -0.145. The molecular formula is C23H20N2O6S. The third kappa shape index (κ3) is 5.28. The summed E-state index contributed by atoms with van der Waals surface area (Å²) in [4.78, 5) is 37.3. The number of amides is 2. The molecule has 0 saturated carbocycles. The number of methoxy groups -OCH3 is 1. The van der Waals surface area contributed by atoms with E-state index in [2.05, 4.69) is 6.07 Å². The maximum atomic E-state index is 12.5. The normalized spacial score (nSPS) is 14.4. The molecule has 0 spiro atoms. The smallest absolute Gasteiger partial charge is 0.326 e. The second-order valence-electron chi connectivity index (χ2n) is 6.54. The fourth-order valence-corrected chi connectivity index (χ4v) is 3.77. The van der Waals surface area contributed by atoms with E-state index in [-0.39, 0.29) is 18.1 Å². The molecule has 0 aliphatic carbocycles. The molecule has 1 saturated heterocycles. The van der Waals surface area contributed by atoms with Crippen molar-refractivity contribution < 1.29 is 28.6 Å². The number of benzene rings is 2. The molecular weight excluding hydrogens is 432 g/mol. The molecule has 0 radical (unpaired) electrons. The predicted octanol–water partition coefficient (Wildman–Crippen LogP) is 3.75. The zero-order valence-electron chi connectivity index (χ0n) is 17.5. The fraction of sp³-hybridized carbons (Fsp3) is 0.217. The van der Waals surface area contributed by atoms with E-state index in [1.807, 2.05) is 12.1 Å². The van der Waals surface area contributed by atoms with Gasteiger partial charge >= 0.3 is 5.97 Å². The lowest BCUT2D eigenvalue weighted by Crippen LogP contribution is -2.34. The summed E-state index contributed by atoms with van der Waals surface area (Å²) in [7, 11) is 1.49. The van der Waals surface area contributed by atoms with E-state index in [1.54, 1.807) is 43.3 Å². The summed E-state index contributed by atoms with van der Waals surface area (Å²) in [6.45, 7) is 1.58. The van der Waals surface area contributed by atoms with Gasteiger partial charge in [-0.05, 0) is 48.5 Å². The van der Waals surface area contributed by atoms with Crippen molar-refractivity contribution in [1.82, 2.24) is 4.90 Å². The van der Waals surface area contributed by atoms with Crippen LogP contribution in [0.15, 0.2) is 47.4 Å². The summed E-state index contributed by atoms with van der Waals surface area (Å²) in [6.07, 6.45) is 1.55. The molecule has 0 N–H and O–H groups in total. The Hall–Kier alpha value is -3.77. The molecule has 1 heterocycles. The van der Waals surface area contributed by atoms with Crippen LogP contribution in [0.3, 0.4) is 0 Å². The molecule has 1 aliphatic rings. The Morgan fingerprint density at radius 1 is 1.19 bits per heavy atom. The van der Waals surface area contributed by atoms with Crippen LogP contribution >= 0.6 is 11.8 Å². The molecule has 1 fully saturated rings. The molecule has 3 rings (SSSR count). The average molecular weight is 452 g/mol. The first-order chi connectivity index (χ1) is 15.5. The van der Waals surface area contributed by atoms with Gasteiger partial charge in [0.1, 0.15) is 13.2 Å². The van der Waals surface area contributed by atoms with Crippen LogP contribution in [0.1, 0.15) is 23.6 Å². The monoisotopic (exact) mass is 452 g/mol. The molecule has 164 valence electrons. The maximum absolute atomic E-state index is 12.5. The van der Waals surface area contributed by atoms with Crippen LogP contribution in [0, 0.1) is 11.3 Å². The number of thioether (sulfide) groups is 1. The lowest BCUT2D eigenvalue weighted by Gasteiger charge is -2.12. The largest absolute Gasteiger partial charge is 0.493 e. The average Bonchev–Trinajstić information content (AvgIpc) is 3.05. The van der Waals surface area contributed by atoms with Gasteiger partial charge < -0.3 is 14.2 Å². The van der Waals surface area contributed by atoms with E-state index in [9.17, 15) is 19.6 Å². The molecule has 0 atom stereocenters. The SMILES string of the molecule is CCOC(=O)CN1C(=O)SC(=Cc2ccc(OCc3ccccc3C#N)c(OC)c2)C1=O. The minimum atomic E-state index is -0.641. The van der Waals surface area contributed by atoms with E-state index in [1.165, 1.54) is 7.11 Å². The number of hydrogen-bond donors (Lipinski definition) is 0. The van der Waals surface area contributed by atoms with Crippen LogP contribution in [0.2, 0.25) is 0 Å². The van der Waals surface area contributed by atoms with Gasteiger partial charge in [0.2, 0.25) is 0 Å². The second-order valence-corrected chi connectivity index (χ2v) is 7.53. The van der Waals surface area contributed by atoms with Gasteiger partial charge in [-0.15, -0.1) is 0 Å². The Balaban J connectivity index is 1.75. The van der Waals surface area contributed by atoms with Crippen molar-refractivity contribution in [1.29, 1.82) is 5.26 Å². The molecule has 2 aromatic carbocycles. The topological polar surface area (TPSA) is 106 Å². The Labute approximate surface area is 189 Å². The van der Waals surface area contributed by atoms with Crippen molar-refractivity contribution in [2.75, 3.05) is 20.3 Å². The molecule has 8 nitrogen and oxygen atoms in total. The number of hydrogen-bond acceptors (Lipinski definition) is 8. The van der Waals surface area contributed by atoms with Crippen LogP contribution in [-0.2, 0) is 20.9 Å². The summed E-state index contributed by atoms with van der Waals surface area (Å²) in [5, 5.41) is 8.67. The zero-order chi connectivity index (χ0) is 23.1. The van der Waals surface area contributed by atoms with Gasteiger partial charge in [-0.3, -0.25) is 19.3 Å². The second kappa shape index (κ2) is 10.5. The summed E-state index contributed by atoms with van der Waals surface area (Å²) in [6, 6.07) is 14.3. The van der Waals surface area contributed by atoms with Crippen molar-refractivity contribution in [3.8, 4) is 17.6 Å². The van der Waals surface area contributed by atoms with Crippen LogP contribution in [0.5, 0.6) is 11.5 Å². The maximum Gasteiger partial charge on any atom is 0.326 e. The Morgan fingerprint density at radius 2 is 1.97 bits per heavy atom.